The molecule has 1 saturated carbocycles. The smallest absolute Gasteiger partial charge is 0.155 e. The van der Waals surface area contributed by atoms with Gasteiger partial charge in [0.05, 0.1) is 18.4 Å². The van der Waals surface area contributed by atoms with Gasteiger partial charge in [0.2, 0.25) is 0 Å². The second kappa shape index (κ2) is 6.12. The Labute approximate surface area is 129 Å². The van der Waals surface area contributed by atoms with E-state index in [0.29, 0.717) is 23.7 Å². The Kier molecular flexibility index (Phi) is 4.22. The fraction of sp³-hybridized carbons (Fsp3) is 0.533. The fourth-order valence-corrected chi connectivity index (χ4v) is 2.68. The van der Waals surface area contributed by atoms with Crippen LogP contribution in [0.2, 0.25) is 5.15 Å². The summed E-state index contributed by atoms with van der Waals surface area (Å²) in [6.45, 7) is 5.49. The summed E-state index contributed by atoms with van der Waals surface area (Å²) in [6.07, 6.45) is 5.08. The molecule has 1 fully saturated rings. The third-order valence-corrected chi connectivity index (χ3v) is 4.00. The summed E-state index contributed by atoms with van der Waals surface area (Å²) in [4.78, 5) is 4.19. The highest BCUT2D eigenvalue weighted by atomic mass is 35.5. The Balaban J connectivity index is 1.74. The Morgan fingerprint density at radius 3 is 3.00 bits per heavy atom. The number of aliphatic imine (C=N–C) groups is 1. The summed E-state index contributed by atoms with van der Waals surface area (Å²) >= 11 is 6.21. The highest BCUT2D eigenvalue weighted by molar-refractivity contribution is 6.30. The second-order valence-corrected chi connectivity index (χ2v) is 6.09. The molecule has 5 nitrogen and oxygen atoms in total. The van der Waals surface area contributed by atoms with Gasteiger partial charge >= 0.3 is 0 Å². The van der Waals surface area contributed by atoms with Crippen LogP contribution in [0.25, 0.3) is 5.57 Å². The van der Waals surface area contributed by atoms with E-state index in [1.54, 1.807) is 0 Å². The lowest BCUT2D eigenvalue weighted by atomic mass is 10.1. The summed E-state index contributed by atoms with van der Waals surface area (Å²) in [7, 11) is 0. The summed E-state index contributed by atoms with van der Waals surface area (Å²) < 4.78 is 5.68. The first-order chi connectivity index (χ1) is 10.1. The van der Waals surface area contributed by atoms with Crippen molar-refractivity contribution >= 4 is 23.4 Å². The first-order valence-electron chi connectivity index (χ1n) is 7.23. The number of halogens is 1. The van der Waals surface area contributed by atoms with Crippen LogP contribution in [0.4, 0.5) is 0 Å². The van der Waals surface area contributed by atoms with Gasteiger partial charge in [-0.15, -0.1) is 10.2 Å². The third-order valence-electron chi connectivity index (χ3n) is 3.71. The maximum absolute atomic E-state index is 6.21. The van der Waals surface area contributed by atoms with Gasteiger partial charge < -0.3 is 10.1 Å². The Morgan fingerprint density at radius 1 is 1.43 bits per heavy atom. The lowest BCUT2D eigenvalue weighted by molar-refractivity contribution is 0.0697. The lowest BCUT2D eigenvalue weighted by Crippen LogP contribution is -2.12. The van der Waals surface area contributed by atoms with Gasteiger partial charge in [0.1, 0.15) is 6.67 Å². The van der Waals surface area contributed by atoms with Gasteiger partial charge in [-0.25, -0.2) is 0 Å². The van der Waals surface area contributed by atoms with Crippen LogP contribution in [-0.2, 0) is 4.74 Å². The highest BCUT2D eigenvalue weighted by Crippen LogP contribution is 2.49. The van der Waals surface area contributed by atoms with Crippen LogP contribution < -0.4 is 5.32 Å². The molecule has 1 N–H and O–H groups in total. The average Bonchev–Trinajstić information content (AvgIpc) is 3.26. The van der Waals surface area contributed by atoms with Crippen molar-refractivity contribution in [3.8, 4) is 0 Å². The number of hydrogen-bond donors (Lipinski definition) is 1. The van der Waals surface area contributed by atoms with E-state index in [9.17, 15) is 0 Å². The van der Waals surface area contributed by atoms with Crippen molar-refractivity contribution in [2.24, 2.45) is 10.9 Å². The van der Waals surface area contributed by atoms with Crippen molar-refractivity contribution in [1.29, 1.82) is 0 Å². The molecule has 3 rings (SSSR count). The Hall–Kier alpha value is -1.46. The summed E-state index contributed by atoms with van der Waals surface area (Å²) in [5, 5.41) is 11.8. The molecular formula is C15H19ClN4O. The number of hydrogen-bond acceptors (Lipinski definition) is 5. The van der Waals surface area contributed by atoms with Gasteiger partial charge in [0, 0.05) is 18.0 Å². The zero-order valence-electron chi connectivity index (χ0n) is 12.2. The molecular weight excluding hydrogens is 288 g/mol. The lowest BCUT2D eigenvalue weighted by Gasteiger charge is -2.10. The first kappa shape index (κ1) is 14.5. The highest BCUT2D eigenvalue weighted by Gasteiger charge is 2.40. The zero-order chi connectivity index (χ0) is 14.8. The van der Waals surface area contributed by atoms with E-state index >= 15 is 0 Å². The van der Waals surface area contributed by atoms with E-state index in [0.717, 1.165) is 29.9 Å². The quantitative estimate of drug-likeness (QED) is 0.908. The molecule has 0 radical (unpaired) electrons. The number of nitrogens with one attached hydrogen (secondary N) is 1. The molecule has 1 aliphatic carbocycles. The van der Waals surface area contributed by atoms with E-state index in [1.165, 1.54) is 0 Å². The summed E-state index contributed by atoms with van der Waals surface area (Å²) in [5.74, 6) is 0.966. The number of ether oxygens (including phenoxy) is 1. The molecule has 0 saturated heterocycles. The van der Waals surface area contributed by atoms with Crippen LogP contribution in [0.1, 0.15) is 37.4 Å². The number of nitrogens with zero attached hydrogens (tertiary/aromatic N) is 3. The van der Waals surface area contributed by atoms with Crippen molar-refractivity contribution in [3.05, 3.63) is 28.7 Å². The van der Waals surface area contributed by atoms with Crippen LogP contribution in [0.5, 0.6) is 0 Å². The maximum atomic E-state index is 6.21. The minimum atomic E-state index is 0.266. The summed E-state index contributed by atoms with van der Waals surface area (Å²) in [6, 6.07) is 2.03. The number of aromatic nitrogens is 2. The molecule has 0 spiro atoms. The maximum Gasteiger partial charge on any atom is 0.155 e. The molecule has 1 aliphatic heterocycles. The standard InChI is InChI=1S/C15H19ClN4O/c1-9(2)21-7-10-3-12(10)13-4-14(19-20-15(13)16)11-5-17-8-18-6-11/h4-6,9-10,12,17H,3,7-8H2,1-2H3/t10-,12+/m1/s1. The topological polar surface area (TPSA) is 59.4 Å². The van der Waals surface area contributed by atoms with Crippen LogP contribution in [-0.4, -0.2) is 35.8 Å². The van der Waals surface area contributed by atoms with Gasteiger partial charge in [-0.1, -0.05) is 11.6 Å². The van der Waals surface area contributed by atoms with E-state index in [1.807, 2.05) is 18.5 Å². The molecule has 21 heavy (non-hydrogen) atoms. The van der Waals surface area contributed by atoms with Crippen molar-refractivity contribution in [1.82, 2.24) is 15.5 Å². The number of rotatable bonds is 5. The molecule has 0 amide bonds. The molecule has 6 heteroatoms. The van der Waals surface area contributed by atoms with E-state index in [4.69, 9.17) is 16.3 Å². The Bertz CT molecular complexity index is 585. The molecule has 0 unspecified atom stereocenters. The van der Waals surface area contributed by atoms with E-state index < -0.39 is 0 Å². The molecule has 2 heterocycles. The second-order valence-electron chi connectivity index (χ2n) is 5.73. The minimum absolute atomic E-state index is 0.266. The molecule has 1 aromatic heterocycles. The van der Waals surface area contributed by atoms with E-state index in [-0.39, 0.29) is 6.10 Å². The average molecular weight is 307 g/mol. The van der Waals surface area contributed by atoms with Crippen LogP contribution >= 0.6 is 11.6 Å². The predicted octanol–water partition coefficient (Wildman–Crippen LogP) is 2.63. The van der Waals surface area contributed by atoms with Gasteiger partial charge in [-0.2, -0.15) is 0 Å². The van der Waals surface area contributed by atoms with Crippen molar-refractivity contribution in [2.75, 3.05) is 13.3 Å². The van der Waals surface area contributed by atoms with E-state index in [2.05, 4.69) is 34.4 Å². The van der Waals surface area contributed by atoms with Crippen molar-refractivity contribution in [2.45, 2.75) is 32.3 Å². The van der Waals surface area contributed by atoms with Gasteiger partial charge in [0.25, 0.3) is 0 Å². The molecule has 2 aliphatic rings. The van der Waals surface area contributed by atoms with Crippen molar-refractivity contribution in [3.63, 3.8) is 0 Å². The minimum Gasteiger partial charge on any atom is -0.378 e. The van der Waals surface area contributed by atoms with Crippen LogP contribution in [0.15, 0.2) is 17.3 Å². The summed E-state index contributed by atoms with van der Waals surface area (Å²) in [5.41, 5.74) is 2.81. The first-order valence-corrected chi connectivity index (χ1v) is 7.61. The molecule has 112 valence electrons. The van der Waals surface area contributed by atoms with Crippen LogP contribution in [0.3, 0.4) is 0 Å². The molecule has 2 atom stereocenters. The van der Waals surface area contributed by atoms with Gasteiger partial charge in [-0.3, -0.25) is 4.99 Å². The zero-order valence-corrected chi connectivity index (χ0v) is 13.0. The van der Waals surface area contributed by atoms with Gasteiger partial charge in [0.15, 0.2) is 5.15 Å². The molecule has 1 aromatic rings. The van der Waals surface area contributed by atoms with Crippen molar-refractivity contribution < 1.29 is 4.74 Å². The largest absolute Gasteiger partial charge is 0.378 e. The fourth-order valence-electron chi connectivity index (χ4n) is 2.45. The third kappa shape index (κ3) is 3.41. The monoisotopic (exact) mass is 306 g/mol. The van der Waals surface area contributed by atoms with Gasteiger partial charge in [-0.05, 0) is 43.7 Å². The SMILES string of the molecule is CC(C)OC[C@H]1C[C@@H]1c1cc(C2=CNCN=C2)nnc1Cl. The van der Waals surface area contributed by atoms with Crippen LogP contribution in [0, 0.1) is 5.92 Å². The molecule has 0 bridgehead atoms. The predicted molar refractivity (Wildman–Crippen MR) is 83.4 cm³/mol. The number of allylic oxidation sites excluding steroid dienone is 1. The molecule has 0 aromatic carbocycles. The normalized spacial score (nSPS) is 23.9. The Morgan fingerprint density at radius 2 is 2.29 bits per heavy atom.